The summed E-state index contributed by atoms with van der Waals surface area (Å²) in [5.74, 6) is 0.582. The van der Waals surface area contributed by atoms with E-state index in [-0.39, 0.29) is 11.9 Å². The zero-order valence-corrected chi connectivity index (χ0v) is 11.1. The Morgan fingerprint density at radius 1 is 1.21 bits per heavy atom. The second kappa shape index (κ2) is 5.89. The van der Waals surface area contributed by atoms with Crippen molar-refractivity contribution in [3.63, 3.8) is 0 Å². The van der Waals surface area contributed by atoms with Crippen LogP contribution in [0.15, 0.2) is 24.3 Å². The quantitative estimate of drug-likeness (QED) is 0.749. The molecule has 2 atom stereocenters. The molecule has 2 unspecified atom stereocenters. The van der Waals surface area contributed by atoms with Crippen LogP contribution in [0.5, 0.6) is 5.75 Å². The predicted molar refractivity (Wildman–Crippen MR) is 71.8 cm³/mol. The highest BCUT2D eigenvalue weighted by Gasteiger charge is 2.30. The summed E-state index contributed by atoms with van der Waals surface area (Å²) in [7, 11) is 0. The molecule has 0 radical (unpaired) electrons. The first-order valence-electron chi connectivity index (χ1n) is 6.96. The van der Waals surface area contributed by atoms with Gasteiger partial charge in [-0.05, 0) is 31.2 Å². The first-order valence-corrected chi connectivity index (χ1v) is 6.96. The third-order valence-corrected chi connectivity index (χ3v) is 3.88. The molecule has 0 heterocycles. The van der Waals surface area contributed by atoms with Crippen molar-refractivity contribution in [1.29, 1.82) is 0 Å². The van der Waals surface area contributed by atoms with Gasteiger partial charge in [0.25, 0.3) is 0 Å². The van der Waals surface area contributed by atoms with E-state index in [1.165, 1.54) is 18.6 Å². The molecule has 106 valence electrons. The van der Waals surface area contributed by atoms with E-state index in [1.807, 2.05) is 0 Å². The number of ether oxygens (including phenoxy) is 1. The van der Waals surface area contributed by atoms with Crippen LogP contribution in [0.2, 0.25) is 0 Å². The Kier molecular flexibility index (Phi) is 4.43. The molecule has 1 aliphatic carbocycles. The van der Waals surface area contributed by atoms with Gasteiger partial charge in [0.15, 0.2) is 0 Å². The number of hydrogen-bond acceptors (Lipinski definition) is 1. The molecule has 1 aromatic rings. The van der Waals surface area contributed by atoms with Crippen molar-refractivity contribution in [2.45, 2.75) is 45.1 Å². The Balaban J connectivity index is 2.11. The molecule has 1 aliphatic rings. The maximum absolute atomic E-state index is 12.9. The standard InChI is InChI=1S/C14H19BF3O/c1-2-11-6-5-7-12(10-11)19-14-9-4-3-8-13(14)15(16,17)18/h3-4,8-9,11-12H,2,5-7,10H2,1H3/q-1. The maximum Gasteiger partial charge on any atom is 0.513 e. The minimum absolute atomic E-state index is 0.00301. The summed E-state index contributed by atoms with van der Waals surface area (Å²) in [6.07, 6.45) is 4.94. The molecule has 2 rings (SSSR count). The Labute approximate surface area is 112 Å². The fourth-order valence-corrected chi connectivity index (χ4v) is 2.76. The van der Waals surface area contributed by atoms with E-state index in [1.54, 1.807) is 6.07 Å². The van der Waals surface area contributed by atoms with Crippen molar-refractivity contribution < 1.29 is 17.7 Å². The van der Waals surface area contributed by atoms with Gasteiger partial charge >= 0.3 is 6.98 Å². The molecule has 0 N–H and O–H groups in total. The van der Waals surface area contributed by atoms with Gasteiger partial charge in [-0.1, -0.05) is 43.4 Å². The molecule has 0 saturated heterocycles. The zero-order valence-electron chi connectivity index (χ0n) is 11.1. The highest BCUT2D eigenvalue weighted by Crippen LogP contribution is 2.30. The molecule has 0 bridgehead atoms. The van der Waals surface area contributed by atoms with Crippen LogP contribution in [0.4, 0.5) is 12.9 Å². The van der Waals surface area contributed by atoms with Crippen molar-refractivity contribution >= 4 is 12.4 Å². The SMILES string of the molecule is CCC1CCCC(Oc2ccccc2[B-](F)(F)F)C1. The molecule has 1 aromatic carbocycles. The molecular formula is C14H19BF3O-. The number of halogens is 3. The van der Waals surface area contributed by atoms with Crippen LogP contribution in [-0.2, 0) is 0 Å². The van der Waals surface area contributed by atoms with Gasteiger partial charge in [-0.2, -0.15) is 0 Å². The molecule has 0 aromatic heterocycles. The highest BCUT2D eigenvalue weighted by molar-refractivity contribution is 6.74. The second-order valence-corrected chi connectivity index (χ2v) is 5.29. The molecule has 0 spiro atoms. The van der Waals surface area contributed by atoms with Crippen molar-refractivity contribution in [2.75, 3.05) is 0 Å². The van der Waals surface area contributed by atoms with Gasteiger partial charge in [0.1, 0.15) is 0 Å². The molecule has 1 saturated carbocycles. The van der Waals surface area contributed by atoms with Gasteiger partial charge in [-0.15, -0.1) is 0 Å². The average Bonchev–Trinajstić information content (AvgIpc) is 2.38. The van der Waals surface area contributed by atoms with E-state index in [4.69, 9.17) is 4.74 Å². The Morgan fingerprint density at radius 3 is 2.63 bits per heavy atom. The molecule has 1 nitrogen and oxygen atoms in total. The molecule has 5 heteroatoms. The lowest BCUT2D eigenvalue weighted by atomic mass is 9.79. The number of benzene rings is 1. The summed E-state index contributed by atoms with van der Waals surface area (Å²) >= 11 is 0. The molecule has 0 aliphatic heterocycles. The Hall–Kier alpha value is -1.13. The van der Waals surface area contributed by atoms with Gasteiger partial charge in [-0.25, -0.2) is 0 Å². The van der Waals surface area contributed by atoms with Crippen LogP contribution in [0.25, 0.3) is 0 Å². The third kappa shape index (κ3) is 3.67. The van der Waals surface area contributed by atoms with Crippen LogP contribution in [-0.4, -0.2) is 13.1 Å². The van der Waals surface area contributed by atoms with Gasteiger partial charge in [-0.3, -0.25) is 0 Å². The summed E-state index contributed by atoms with van der Waals surface area (Å²) in [6, 6.07) is 5.55. The lowest BCUT2D eigenvalue weighted by Gasteiger charge is -2.31. The Bertz CT molecular complexity index is 419. The maximum atomic E-state index is 12.9. The average molecular weight is 271 g/mol. The third-order valence-electron chi connectivity index (χ3n) is 3.88. The van der Waals surface area contributed by atoms with Gasteiger partial charge < -0.3 is 17.7 Å². The molecule has 1 fully saturated rings. The summed E-state index contributed by atoms with van der Waals surface area (Å²) in [6.45, 7) is -2.88. The first kappa shape index (κ1) is 14.3. The summed E-state index contributed by atoms with van der Waals surface area (Å²) < 4.78 is 44.4. The summed E-state index contributed by atoms with van der Waals surface area (Å²) in [4.78, 5) is 0. The minimum atomic E-state index is -5.01. The van der Waals surface area contributed by atoms with E-state index in [0.717, 1.165) is 31.7 Å². The van der Waals surface area contributed by atoms with Crippen LogP contribution in [0.3, 0.4) is 0 Å². The van der Waals surface area contributed by atoms with Crippen molar-refractivity contribution in [2.24, 2.45) is 5.92 Å². The number of rotatable bonds is 4. The van der Waals surface area contributed by atoms with Crippen molar-refractivity contribution in [3.05, 3.63) is 24.3 Å². The van der Waals surface area contributed by atoms with Crippen LogP contribution in [0, 0.1) is 5.92 Å². The van der Waals surface area contributed by atoms with Gasteiger partial charge in [0.2, 0.25) is 0 Å². The van der Waals surface area contributed by atoms with E-state index >= 15 is 0 Å². The highest BCUT2D eigenvalue weighted by atomic mass is 19.4. The first-order chi connectivity index (χ1) is 9.00. The smallest absolute Gasteiger partial charge is 0.493 e. The summed E-state index contributed by atoms with van der Waals surface area (Å²) in [5.41, 5.74) is -0.610. The van der Waals surface area contributed by atoms with Gasteiger partial charge in [0.05, 0.1) is 11.9 Å². The number of para-hydroxylation sites is 1. The monoisotopic (exact) mass is 271 g/mol. The topological polar surface area (TPSA) is 9.23 Å². The molecular weight excluding hydrogens is 252 g/mol. The summed E-state index contributed by atoms with van der Waals surface area (Å²) in [5, 5.41) is 0. The largest absolute Gasteiger partial charge is 0.513 e. The van der Waals surface area contributed by atoms with E-state index in [9.17, 15) is 12.9 Å². The van der Waals surface area contributed by atoms with Crippen molar-refractivity contribution in [1.82, 2.24) is 0 Å². The van der Waals surface area contributed by atoms with E-state index in [2.05, 4.69) is 6.92 Å². The van der Waals surface area contributed by atoms with E-state index in [0.29, 0.717) is 5.92 Å². The zero-order chi connectivity index (χ0) is 13.9. The Morgan fingerprint density at radius 2 is 1.95 bits per heavy atom. The molecule has 19 heavy (non-hydrogen) atoms. The fraction of sp³-hybridized carbons (Fsp3) is 0.571. The van der Waals surface area contributed by atoms with E-state index < -0.39 is 12.4 Å². The van der Waals surface area contributed by atoms with Crippen LogP contribution < -0.4 is 10.2 Å². The van der Waals surface area contributed by atoms with Crippen LogP contribution in [0.1, 0.15) is 39.0 Å². The second-order valence-electron chi connectivity index (χ2n) is 5.29. The lowest BCUT2D eigenvalue weighted by Crippen LogP contribution is -2.37. The normalized spacial score (nSPS) is 24.2. The predicted octanol–water partition coefficient (Wildman–Crippen LogP) is 4.09. The fourth-order valence-electron chi connectivity index (χ4n) is 2.76. The van der Waals surface area contributed by atoms with Gasteiger partial charge in [0, 0.05) is 0 Å². The number of hydrogen-bond donors (Lipinski definition) is 0. The van der Waals surface area contributed by atoms with Crippen LogP contribution >= 0.6 is 0 Å². The minimum Gasteiger partial charge on any atom is -0.493 e. The molecule has 0 amide bonds. The lowest BCUT2D eigenvalue weighted by molar-refractivity contribution is 0.123. The van der Waals surface area contributed by atoms with Crippen molar-refractivity contribution in [3.8, 4) is 5.75 Å².